The van der Waals surface area contributed by atoms with Gasteiger partial charge in [-0.25, -0.2) is 22.2 Å². The van der Waals surface area contributed by atoms with Crippen molar-refractivity contribution in [1.29, 1.82) is 0 Å². The monoisotopic (exact) mass is 476 g/mol. The molecule has 1 fully saturated rings. The Morgan fingerprint density at radius 1 is 1.29 bits per heavy atom. The number of pyridine rings is 1. The molecule has 0 saturated carbocycles. The van der Waals surface area contributed by atoms with E-state index in [-0.39, 0.29) is 17.1 Å². The molecular formula is C20H24ClF3N4O2S. The van der Waals surface area contributed by atoms with Gasteiger partial charge in [-0.2, -0.15) is 4.39 Å². The van der Waals surface area contributed by atoms with Gasteiger partial charge in [-0.05, 0) is 39.6 Å². The van der Waals surface area contributed by atoms with Crippen molar-refractivity contribution in [2.75, 3.05) is 36.8 Å². The van der Waals surface area contributed by atoms with Gasteiger partial charge >= 0.3 is 0 Å². The zero-order valence-corrected chi connectivity index (χ0v) is 19.2. The molecule has 0 unspecified atom stereocenters. The second kappa shape index (κ2) is 8.48. The van der Waals surface area contributed by atoms with Crippen molar-refractivity contribution in [3.05, 3.63) is 46.9 Å². The fourth-order valence-electron chi connectivity index (χ4n) is 3.85. The van der Waals surface area contributed by atoms with Crippen molar-refractivity contribution in [2.24, 2.45) is 5.41 Å². The van der Waals surface area contributed by atoms with E-state index in [1.54, 1.807) is 4.90 Å². The van der Waals surface area contributed by atoms with Crippen molar-refractivity contribution < 1.29 is 21.6 Å². The topological polar surface area (TPSA) is 65.5 Å². The number of hydrogen-bond donors (Lipinski definition) is 1. The van der Waals surface area contributed by atoms with Gasteiger partial charge in [0.15, 0.2) is 10.7 Å². The molecule has 0 spiro atoms. The fraction of sp³-hybridized carbons (Fsp3) is 0.450. The van der Waals surface area contributed by atoms with Gasteiger partial charge in [-0.15, -0.1) is 0 Å². The van der Waals surface area contributed by atoms with Crippen molar-refractivity contribution in [2.45, 2.75) is 31.2 Å². The summed E-state index contributed by atoms with van der Waals surface area (Å²) in [5, 5.41) is -0.490. The highest BCUT2D eigenvalue weighted by Gasteiger charge is 2.41. The summed E-state index contributed by atoms with van der Waals surface area (Å²) in [5.74, 6) is -4.06. The van der Waals surface area contributed by atoms with Crippen LogP contribution in [0.5, 0.6) is 0 Å². The average Bonchev–Trinajstić information content (AvgIpc) is 3.06. The smallest absolute Gasteiger partial charge is 0.268 e. The summed E-state index contributed by atoms with van der Waals surface area (Å²) in [6, 6.07) is 4.50. The number of aromatic nitrogens is 1. The second-order valence-corrected chi connectivity index (χ2v) is 10.2. The predicted octanol–water partition coefficient (Wildman–Crippen LogP) is 4.12. The van der Waals surface area contributed by atoms with Crippen LogP contribution in [0, 0.1) is 23.0 Å². The van der Waals surface area contributed by atoms with Crippen molar-refractivity contribution in [3.8, 4) is 0 Å². The highest BCUT2D eigenvalue weighted by Crippen LogP contribution is 2.42. The van der Waals surface area contributed by atoms with E-state index in [0.29, 0.717) is 13.1 Å². The Labute approximate surface area is 185 Å². The van der Waals surface area contributed by atoms with Crippen LogP contribution in [0.25, 0.3) is 0 Å². The van der Waals surface area contributed by atoms with Gasteiger partial charge in [0.05, 0.1) is 5.69 Å². The van der Waals surface area contributed by atoms with E-state index in [1.807, 2.05) is 18.8 Å². The predicted molar refractivity (Wildman–Crippen MR) is 114 cm³/mol. The first kappa shape index (κ1) is 23.6. The molecule has 1 aromatic carbocycles. The molecule has 0 amide bonds. The molecule has 0 bridgehead atoms. The maximum absolute atomic E-state index is 15.0. The molecule has 1 aliphatic rings. The zero-order valence-electron chi connectivity index (χ0n) is 17.6. The van der Waals surface area contributed by atoms with Crippen molar-refractivity contribution >= 4 is 33.1 Å². The van der Waals surface area contributed by atoms with Crippen LogP contribution < -0.4 is 9.62 Å². The molecule has 31 heavy (non-hydrogen) atoms. The van der Waals surface area contributed by atoms with Crippen LogP contribution >= 0.6 is 11.6 Å². The van der Waals surface area contributed by atoms with Gasteiger partial charge in [-0.3, -0.25) is 4.72 Å². The number of nitrogens with one attached hydrogen (secondary N) is 1. The van der Waals surface area contributed by atoms with E-state index in [9.17, 15) is 17.2 Å². The first-order valence-electron chi connectivity index (χ1n) is 9.60. The molecule has 1 aromatic heterocycles. The van der Waals surface area contributed by atoms with Crippen LogP contribution in [-0.2, 0) is 10.0 Å². The second-order valence-electron chi connectivity index (χ2n) is 8.25. The van der Waals surface area contributed by atoms with Crippen LogP contribution in [0.1, 0.15) is 20.3 Å². The first-order valence-corrected chi connectivity index (χ1v) is 11.5. The molecule has 2 aromatic rings. The van der Waals surface area contributed by atoms with Gasteiger partial charge in [-0.1, -0.05) is 24.6 Å². The SMILES string of the molecule is C[C@H](N(C)C)[C@@]1(C)CCN(c2cc(F)c(S(=O)(=O)Nc3cccc(F)n3)c(F)c2Cl)C1. The first-order chi connectivity index (χ1) is 14.4. The third kappa shape index (κ3) is 4.61. The van der Waals surface area contributed by atoms with Crippen LogP contribution in [0.4, 0.5) is 24.7 Å². The lowest BCUT2D eigenvalue weighted by Gasteiger charge is -2.36. The quantitative estimate of drug-likeness (QED) is 0.502. The van der Waals surface area contributed by atoms with E-state index < -0.39 is 43.3 Å². The molecule has 1 N–H and O–H groups in total. The van der Waals surface area contributed by atoms with Crippen LogP contribution in [-0.4, -0.2) is 51.5 Å². The molecule has 170 valence electrons. The number of sulfonamides is 1. The lowest BCUT2D eigenvalue weighted by atomic mass is 9.82. The van der Waals surface area contributed by atoms with Gasteiger partial charge in [0.2, 0.25) is 5.95 Å². The number of anilines is 2. The normalized spacial score (nSPS) is 20.4. The Morgan fingerprint density at radius 2 is 1.97 bits per heavy atom. The lowest BCUT2D eigenvalue weighted by Crippen LogP contribution is -2.42. The van der Waals surface area contributed by atoms with Gasteiger partial charge in [0, 0.05) is 30.6 Å². The van der Waals surface area contributed by atoms with Gasteiger partial charge in [0.25, 0.3) is 10.0 Å². The van der Waals surface area contributed by atoms with E-state index >= 15 is 4.39 Å². The summed E-state index contributed by atoms with van der Waals surface area (Å²) >= 11 is 6.16. The summed E-state index contributed by atoms with van der Waals surface area (Å²) < 4.78 is 70.1. The molecule has 1 saturated heterocycles. The highest BCUT2D eigenvalue weighted by molar-refractivity contribution is 7.92. The van der Waals surface area contributed by atoms with Crippen LogP contribution in [0.15, 0.2) is 29.2 Å². The number of rotatable bonds is 6. The largest absolute Gasteiger partial charge is 0.370 e. The molecular weight excluding hydrogens is 453 g/mol. The average molecular weight is 477 g/mol. The third-order valence-electron chi connectivity index (χ3n) is 5.95. The maximum Gasteiger partial charge on any atom is 0.268 e. The molecule has 6 nitrogen and oxygen atoms in total. The zero-order chi connectivity index (χ0) is 23.1. The number of nitrogens with zero attached hydrogens (tertiary/aromatic N) is 3. The summed E-state index contributed by atoms with van der Waals surface area (Å²) in [4.78, 5) is 5.94. The minimum absolute atomic E-state index is 0.0918. The Morgan fingerprint density at radius 3 is 2.58 bits per heavy atom. The number of halogens is 4. The van der Waals surface area contributed by atoms with E-state index in [4.69, 9.17) is 11.6 Å². The van der Waals surface area contributed by atoms with Crippen molar-refractivity contribution in [3.63, 3.8) is 0 Å². The molecule has 2 atom stereocenters. The van der Waals surface area contributed by atoms with Gasteiger partial charge < -0.3 is 9.80 Å². The molecule has 1 aliphatic heterocycles. The highest BCUT2D eigenvalue weighted by atomic mass is 35.5. The molecule has 0 radical (unpaired) electrons. The molecule has 11 heteroatoms. The molecule has 0 aliphatic carbocycles. The number of benzene rings is 1. The minimum Gasteiger partial charge on any atom is -0.370 e. The van der Waals surface area contributed by atoms with E-state index in [2.05, 4.69) is 23.7 Å². The number of hydrogen-bond acceptors (Lipinski definition) is 5. The Bertz CT molecular complexity index is 1100. The summed E-state index contributed by atoms with van der Waals surface area (Å²) in [6.07, 6.45) is 0.777. The summed E-state index contributed by atoms with van der Waals surface area (Å²) in [7, 11) is -0.814. The van der Waals surface area contributed by atoms with E-state index in [1.165, 1.54) is 6.07 Å². The Kier molecular flexibility index (Phi) is 6.46. The van der Waals surface area contributed by atoms with Crippen LogP contribution in [0.2, 0.25) is 5.02 Å². The molecule has 3 rings (SSSR count). The third-order valence-corrected chi connectivity index (χ3v) is 7.70. The minimum atomic E-state index is -4.74. The van der Waals surface area contributed by atoms with E-state index in [0.717, 1.165) is 24.6 Å². The lowest BCUT2D eigenvalue weighted by molar-refractivity contribution is 0.153. The molecule has 2 heterocycles. The maximum atomic E-state index is 15.0. The van der Waals surface area contributed by atoms with Crippen molar-refractivity contribution in [1.82, 2.24) is 9.88 Å². The Hall–Kier alpha value is -2.04. The van der Waals surface area contributed by atoms with Crippen LogP contribution in [0.3, 0.4) is 0 Å². The van der Waals surface area contributed by atoms with Gasteiger partial charge in [0.1, 0.15) is 16.7 Å². The summed E-state index contributed by atoms with van der Waals surface area (Å²) in [6.45, 7) is 5.19. The standard InChI is InChI=1S/C20H24ClF3N4O2S/c1-12(27(3)4)20(2)8-9-28(11-20)14-10-13(22)19(18(24)17(14)21)31(29,30)26-16-7-5-6-15(23)25-16/h5-7,10,12H,8-9,11H2,1-4H3,(H,25,26)/t12-,20-/m0/s1. The Balaban J connectivity index is 1.95. The fourth-order valence-corrected chi connectivity index (χ4v) is 5.32. The summed E-state index contributed by atoms with van der Waals surface area (Å²) in [5.41, 5.74) is -0.0519.